The van der Waals surface area contributed by atoms with Gasteiger partial charge >= 0.3 is 5.97 Å². The van der Waals surface area contributed by atoms with Crippen LogP contribution >= 0.6 is 0 Å². The van der Waals surface area contributed by atoms with Crippen molar-refractivity contribution in [2.24, 2.45) is 0 Å². The van der Waals surface area contributed by atoms with Crippen LogP contribution in [0.4, 0.5) is 5.69 Å². The number of amides is 1. The van der Waals surface area contributed by atoms with Gasteiger partial charge in [0, 0.05) is 5.69 Å². The third kappa shape index (κ3) is 5.14. The first-order chi connectivity index (χ1) is 15.1. The van der Waals surface area contributed by atoms with E-state index in [-0.39, 0.29) is 6.61 Å². The normalized spacial score (nSPS) is 15.5. The minimum atomic E-state index is -1.01. The molecule has 2 unspecified atom stereocenters. The van der Waals surface area contributed by atoms with Crippen molar-refractivity contribution in [1.82, 2.24) is 0 Å². The highest BCUT2D eigenvalue weighted by Gasteiger charge is 2.31. The summed E-state index contributed by atoms with van der Waals surface area (Å²) in [5.41, 5.74) is 0.555. The van der Waals surface area contributed by atoms with Crippen molar-refractivity contribution in [1.29, 1.82) is 0 Å². The molecule has 0 spiro atoms. The Morgan fingerprint density at radius 3 is 2.29 bits per heavy atom. The van der Waals surface area contributed by atoms with Crippen molar-refractivity contribution in [3.05, 3.63) is 78.9 Å². The average molecular weight is 419 g/mol. The molecule has 0 radical (unpaired) electrons. The second-order valence-electron chi connectivity index (χ2n) is 6.87. The molecule has 7 nitrogen and oxygen atoms in total. The Kier molecular flexibility index (Phi) is 6.03. The van der Waals surface area contributed by atoms with Gasteiger partial charge in [0.2, 0.25) is 6.10 Å². The Bertz CT molecular complexity index is 1050. The molecule has 1 N–H and O–H groups in total. The predicted octanol–water partition coefficient (Wildman–Crippen LogP) is 4.19. The van der Waals surface area contributed by atoms with Crippen LogP contribution in [0.15, 0.2) is 78.9 Å². The van der Waals surface area contributed by atoms with E-state index in [4.69, 9.17) is 18.9 Å². The Morgan fingerprint density at radius 1 is 0.903 bits per heavy atom. The van der Waals surface area contributed by atoms with Gasteiger partial charge in [-0.2, -0.15) is 0 Å². The fraction of sp³-hybridized carbons (Fsp3) is 0.167. The molecular formula is C24H21NO6. The maximum Gasteiger partial charge on any atom is 0.351 e. The third-order valence-corrected chi connectivity index (χ3v) is 4.53. The first-order valence-electron chi connectivity index (χ1n) is 9.81. The molecular weight excluding hydrogens is 398 g/mol. The highest BCUT2D eigenvalue weighted by Crippen LogP contribution is 2.31. The summed E-state index contributed by atoms with van der Waals surface area (Å²) < 4.78 is 22.1. The number of fused-ring (bicyclic) bond motifs is 1. The summed E-state index contributed by atoms with van der Waals surface area (Å²) in [4.78, 5) is 24.8. The van der Waals surface area contributed by atoms with Gasteiger partial charge in [0.1, 0.15) is 18.1 Å². The molecule has 0 saturated heterocycles. The van der Waals surface area contributed by atoms with Crippen LogP contribution in [0.25, 0.3) is 0 Å². The number of hydrogen-bond donors (Lipinski definition) is 1. The van der Waals surface area contributed by atoms with Gasteiger partial charge in [-0.1, -0.05) is 30.3 Å². The third-order valence-electron chi connectivity index (χ3n) is 4.53. The number of benzene rings is 3. The second kappa shape index (κ2) is 9.21. The molecule has 0 bridgehead atoms. The van der Waals surface area contributed by atoms with Crippen LogP contribution in [0, 0.1) is 0 Å². The van der Waals surface area contributed by atoms with Crippen LogP contribution in [-0.4, -0.2) is 30.7 Å². The lowest BCUT2D eigenvalue weighted by molar-refractivity contribution is -0.162. The Morgan fingerprint density at radius 2 is 1.55 bits per heavy atom. The summed E-state index contributed by atoms with van der Waals surface area (Å²) in [7, 11) is 0. The lowest BCUT2D eigenvalue weighted by Gasteiger charge is -2.25. The molecule has 158 valence electrons. The maximum atomic E-state index is 12.4. The van der Waals surface area contributed by atoms with E-state index in [9.17, 15) is 9.59 Å². The van der Waals surface area contributed by atoms with Gasteiger partial charge in [0.25, 0.3) is 5.91 Å². The van der Waals surface area contributed by atoms with Gasteiger partial charge in [0.05, 0.1) is 0 Å². The average Bonchev–Trinajstić information content (AvgIpc) is 2.80. The first kappa shape index (κ1) is 20.3. The van der Waals surface area contributed by atoms with Crippen molar-refractivity contribution >= 4 is 17.6 Å². The topological polar surface area (TPSA) is 83.1 Å². The zero-order valence-corrected chi connectivity index (χ0v) is 16.8. The quantitative estimate of drug-likeness (QED) is 0.604. The maximum absolute atomic E-state index is 12.4. The molecule has 3 aromatic rings. The summed E-state index contributed by atoms with van der Waals surface area (Å²) in [5.74, 6) is 1.27. The van der Waals surface area contributed by atoms with Crippen LogP contribution in [0.5, 0.6) is 23.0 Å². The van der Waals surface area contributed by atoms with E-state index < -0.39 is 24.1 Å². The fourth-order valence-corrected chi connectivity index (χ4v) is 2.91. The first-order valence-corrected chi connectivity index (χ1v) is 9.81. The number of hydrogen-bond acceptors (Lipinski definition) is 6. The van der Waals surface area contributed by atoms with Gasteiger partial charge in [-0.25, -0.2) is 4.79 Å². The summed E-state index contributed by atoms with van der Waals surface area (Å²) in [5, 5.41) is 2.71. The van der Waals surface area contributed by atoms with Gasteiger partial charge in [-0.05, 0) is 55.5 Å². The summed E-state index contributed by atoms with van der Waals surface area (Å²) >= 11 is 0. The van der Waals surface area contributed by atoms with Crippen LogP contribution in [0.2, 0.25) is 0 Å². The number of ether oxygens (including phenoxy) is 4. The molecule has 1 heterocycles. The van der Waals surface area contributed by atoms with Gasteiger partial charge in [-0.3, -0.25) is 4.79 Å². The number of anilines is 1. The monoisotopic (exact) mass is 419 g/mol. The van der Waals surface area contributed by atoms with E-state index in [0.717, 1.165) is 5.75 Å². The van der Waals surface area contributed by atoms with Gasteiger partial charge in [0.15, 0.2) is 17.6 Å². The summed E-state index contributed by atoms with van der Waals surface area (Å²) in [6, 6.07) is 23.3. The molecule has 7 heteroatoms. The molecule has 4 rings (SSSR count). The highest BCUT2D eigenvalue weighted by atomic mass is 16.6. The fourth-order valence-electron chi connectivity index (χ4n) is 2.91. The van der Waals surface area contributed by atoms with Crippen molar-refractivity contribution in [2.75, 3.05) is 11.9 Å². The number of carbonyl (C=O) groups excluding carboxylic acids is 2. The Labute approximate surface area is 179 Å². The molecule has 0 aromatic heterocycles. The Hall–Kier alpha value is -4.00. The minimum Gasteiger partial charge on any atom is -0.485 e. The lowest BCUT2D eigenvalue weighted by atomic mass is 10.2. The number of esters is 1. The summed E-state index contributed by atoms with van der Waals surface area (Å²) in [6.07, 6.45) is -1.94. The molecule has 1 aliphatic heterocycles. The van der Waals surface area contributed by atoms with Crippen LogP contribution < -0.4 is 19.5 Å². The molecule has 1 amide bonds. The lowest BCUT2D eigenvalue weighted by Crippen LogP contribution is -2.41. The zero-order chi connectivity index (χ0) is 21.6. The predicted molar refractivity (Wildman–Crippen MR) is 113 cm³/mol. The van der Waals surface area contributed by atoms with Crippen molar-refractivity contribution in [3.8, 4) is 23.0 Å². The highest BCUT2D eigenvalue weighted by molar-refractivity contribution is 5.95. The molecule has 1 aliphatic rings. The number of para-hydroxylation sites is 3. The standard InChI is InChI=1S/C24H21NO6/c1-16(29-24(27)22-15-28-20-9-5-6-10-21(20)31-22)23(26)25-17-11-13-19(14-12-17)30-18-7-3-2-4-8-18/h2-14,16,22H,15H2,1H3,(H,25,26). The van der Waals surface area contributed by atoms with Crippen molar-refractivity contribution in [3.63, 3.8) is 0 Å². The minimum absolute atomic E-state index is 0.0209. The smallest absolute Gasteiger partial charge is 0.351 e. The van der Waals surface area contributed by atoms with E-state index in [2.05, 4.69) is 5.32 Å². The van der Waals surface area contributed by atoms with Crippen LogP contribution in [-0.2, 0) is 14.3 Å². The van der Waals surface area contributed by atoms with Crippen LogP contribution in [0.3, 0.4) is 0 Å². The van der Waals surface area contributed by atoms with Crippen molar-refractivity contribution in [2.45, 2.75) is 19.1 Å². The van der Waals surface area contributed by atoms with Crippen LogP contribution in [0.1, 0.15) is 6.92 Å². The molecule has 3 aromatic carbocycles. The molecule has 31 heavy (non-hydrogen) atoms. The van der Waals surface area contributed by atoms with E-state index in [1.807, 2.05) is 36.4 Å². The van der Waals surface area contributed by atoms with E-state index in [1.54, 1.807) is 42.5 Å². The van der Waals surface area contributed by atoms with Crippen molar-refractivity contribution < 1.29 is 28.5 Å². The number of rotatable bonds is 6. The van der Waals surface area contributed by atoms with E-state index in [0.29, 0.717) is 22.9 Å². The van der Waals surface area contributed by atoms with E-state index in [1.165, 1.54) is 6.92 Å². The molecule has 2 atom stereocenters. The largest absolute Gasteiger partial charge is 0.485 e. The number of carbonyl (C=O) groups is 2. The molecule has 0 aliphatic carbocycles. The molecule has 0 fully saturated rings. The second-order valence-corrected chi connectivity index (χ2v) is 6.87. The number of nitrogens with one attached hydrogen (secondary N) is 1. The Balaban J connectivity index is 1.29. The van der Waals surface area contributed by atoms with E-state index >= 15 is 0 Å². The van der Waals surface area contributed by atoms with Gasteiger partial charge < -0.3 is 24.3 Å². The van der Waals surface area contributed by atoms with Gasteiger partial charge in [-0.15, -0.1) is 0 Å². The molecule has 0 saturated carbocycles. The summed E-state index contributed by atoms with van der Waals surface area (Å²) in [6.45, 7) is 1.52. The SMILES string of the molecule is CC(OC(=O)C1COc2ccccc2O1)C(=O)Nc1ccc(Oc2ccccc2)cc1. The zero-order valence-electron chi connectivity index (χ0n) is 16.8.